The highest BCUT2D eigenvalue weighted by atomic mass is 16.4. The lowest BCUT2D eigenvalue weighted by molar-refractivity contribution is -0.146. The van der Waals surface area contributed by atoms with E-state index in [1.807, 2.05) is 0 Å². The van der Waals surface area contributed by atoms with Gasteiger partial charge in [0, 0.05) is 7.05 Å². The molecule has 1 aromatic heterocycles. The molecule has 0 aromatic carbocycles. The molecule has 0 spiro atoms. The lowest BCUT2D eigenvalue weighted by atomic mass is 9.82. The van der Waals surface area contributed by atoms with Gasteiger partial charge in [0.25, 0.3) is 5.91 Å². The number of carboxylic acids is 1. The maximum Gasteiger partial charge on any atom is 0.307 e. The highest BCUT2D eigenvalue weighted by Crippen LogP contribution is 2.27. The number of anilines is 1. The molecular formula is C13H16N4O4. The van der Waals surface area contributed by atoms with Gasteiger partial charge in [-0.15, -0.1) is 0 Å². The number of nitrogens with one attached hydrogen (secondary N) is 1. The Labute approximate surface area is 120 Å². The van der Waals surface area contributed by atoms with Gasteiger partial charge in [-0.25, -0.2) is 0 Å². The van der Waals surface area contributed by atoms with Gasteiger partial charge >= 0.3 is 5.97 Å². The fourth-order valence-electron chi connectivity index (χ4n) is 2.42. The lowest BCUT2D eigenvalue weighted by Gasteiger charge is -2.24. The third-order valence-electron chi connectivity index (χ3n) is 3.52. The molecule has 0 saturated heterocycles. The molecule has 0 saturated carbocycles. The summed E-state index contributed by atoms with van der Waals surface area (Å²) in [6.45, 7) is 0. The summed E-state index contributed by atoms with van der Waals surface area (Å²) in [5.41, 5.74) is 5.49. The smallest absolute Gasteiger partial charge is 0.307 e. The number of rotatable bonds is 4. The molecule has 0 radical (unpaired) electrons. The van der Waals surface area contributed by atoms with Gasteiger partial charge in [-0.1, -0.05) is 12.2 Å². The van der Waals surface area contributed by atoms with Crippen LogP contribution < -0.4 is 11.1 Å². The molecule has 1 aliphatic carbocycles. The molecule has 8 heteroatoms. The number of nitrogens with two attached hydrogens (primary N) is 1. The van der Waals surface area contributed by atoms with Crippen LogP contribution in [0.3, 0.4) is 0 Å². The van der Waals surface area contributed by atoms with Crippen LogP contribution in [-0.4, -0.2) is 32.7 Å². The molecule has 1 heterocycles. The molecule has 4 N–H and O–H groups in total. The summed E-state index contributed by atoms with van der Waals surface area (Å²) in [6.07, 6.45) is 5.49. The zero-order valence-electron chi connectivity index (χ0n) is 11.4. The Hall–Kier alpha value is -2.64. The Kier molecular flexibility index (Phi) is 4.06. The Morgan fingerprint density at radius 1 is 1.33 bits per heavy atom. The quantitative estimate of drug-likeness (QED) is 0.679. The van der Waals surface area contributed by atoms with Crippen molar-refractivity contribution in [3.8, 4) is 0 Å². The second-order valence-electron chi connectivity index (χ2n) is 4.88. The van der Waals surface area contributed by atoms with Crippen molar-refractivity contribution >= 4 is 23.5 Å². The summed E-state index contributed by atoms with van der Waals surface area (Å²) in [6, 6.07) is 0. The minimum atomic E-state index is -1.01. The molecule has 8 nitrogen and oxygen atoms in total. The number of aryl methyl sites for hydroxylation is 1. The van der Waals surface area contributed by atoms with E-state index < -0.39 is 29.6 Å². The molecule has 112 valence electrons. The number of nitrogens with zero attached hydrogens (tertiary/aromatic N) is 2. The number of carbonyl (C=O) groups is 3. The van der Waals surface area contributed by atoms with Gasteiger partial charge in [-0.2, -0.15) is 5.10 Å². The summed E-state index contributed by atoms with van der Waals surface area (Å²) in [7, 11) is 1.53. The molecule has 2 atom stereocenters. The lowest BCUT2D eigenvalue weighted by Crippen LogP contribution is -2.35. The predicted octanol–water partition coefficient (Wildman–Crippen LogP) is 0.125. The Bertz CT molecular complexity index is 620. The second kappa shape index (κ2) is 5.78. The van der Waals surface area contributed by atoms with Crippen molar-refractivity contribution < 1.29 is 19.5 Å². The summed E-state index contributed by atoms with van der Waals surface area (Å²) >= 11 is 0. The first kappa shape index (κ1) is 14.8. The summed E-state index contributed by atoms with van der Waals surface area (Å²) in [5.74, 6) is -3.65. The Morgan fingerprint density at radius 2 is 1.95 bits per heavy atom. The van der Waals surface area contributed by atoms with Crippen molar-refractivity contribution in [3.05, 3.63) is 24.0 Å². The van der Waals surface area contributed by atoms with E-state index in [1.54, 1.807) is 12.2 Å². The van der Waals surface area contributed by atoms with E-state index in [9.17, 15) is 14.4 Å². The summed E-state index contributed by atoms with van der Waals surface area (Å²) in [4.78, 5) is 34.8. The third kappa shape index (κ3) is 2.93. The van der Waals surface area contributed by atoms with Crippen molar-refractivity contribution in [2.75, 3.05) is 5.32 Å². The van der Waals surface area contributed by atoms with E-state index in [0.717, 1.165) is 0 Å². The van der Waals surface area contributed by atoms with Crippen LogP contribution in [0.4, 0.5) is 5.69 Å². The highest BCUT2D eigenvalue weighted by Gasteiger charge is 2.34. The molecule has 2 rings (SSSR count). The number of amides is 2. The van der Waals surface area contributed by atoms with Crippen LogP contribution >= 0.6 is 0 Å². The third-order valence-corrected chi connectivity index (χ3v) is 3.52. The van der Waals surface area contributed by atoms with Crippen molar-refractivity contribution in [3.63, 3.8) is 0 Å². The van der Waals surface area contributed by atoms with Crippen molar-refractivity contribution in [1.82, 2.24) is 9.78 Å². The van der Waals surface area contributed by atoms with Crippen molar-refractivity contribution in [2.45, 2.75) is 12.8 Å². The first-order valence-electron chi connectivity index (χ1n) is 6.42. The van der Waals surface area contributed by atoms with E-state index in [4.69, 9.17) is 10.8 Å². The van der Waals surface area contributed by atoms with E-state index in [0.29, 0.717) is 12.8 Å². The van der Waals surface area contributed by atoms with Gasteiger partial charge < -0.3 is 16.2 Å². The van der Waals surface area contributed by atoms with Crippen LogP contribution in [0.2, 0.25) is 0 Å². The van der Waals surface area contributed by atoms with E-state index in [-0.39, 0.29) is 11.4 Å². The van der Waals surface area contributed by atoms with Crippen LogP contribution in [0.15, 0.2) is 18.3 Å². The molecule has 0 bridgehead atoms. The molecular weight excluding hydrogens is 276 g/mol. The van der Waals surface area contributed by atoms with Crippen LogP contribution in [-0.2, 0) is 16.6 Å². The number of aliphatic carboxylic acids is 1. The molecule has 21 heavy (non-hydrogen) atoms. The molecule has 0 fully saturated rings. The van der Waals surface area contributed by atoms with Crippen LogP contribution in [0.5, 0.6) is 0 Å². The molecule has 2 amide bonds. The average Bonchev–Trinajstić information content (AvgIpc) is 2.79. The zero-order valence-corrected chi connectivity index (χ0v) is 11.4. The van der Waals surface area contributed by atoms with Crippen molar-refractivity contribution in [2.24, 2.45) is 24.6 Å². The first-order chi connectivity index (χ1) is 9.91. The fourth-order valence-corrected chi connectivity index (χ4v) is 2.42. The van der Waals surface area contributed by atoms with Crippen LogP contribution in [0.1, 0.15) is 23.3 Å². The number of allylic oxidation sites excluding steroid dienone is 2. The van der Waals surface area contributed by atoms with Gasteiger partial charge in [-0.05, 0) is 12.8 Å². The van der Waals surface area contributed by atoms with Gasteiger partial charge in [-0.3, -0.25) is 19.1 Å². The van der Waals surface area contributed by atoms with Gasteiger partial charge in [0.2, 0.25) is 5.91 Å². The summed E-state index contributed by atoms with van der Waals surface area (Å²) < 4.78 is 1.26. The number of primary amides is 1. The van der Waals surface area contributed by atoms with Crippen LogP contribution in [0.25, 0.3) is 0 Å². The number of carboxylic acid groups (broad SMARTS) is 1. The molecule has 1 aliphatic rings. The largest absolute Gasteiger partial charge is 0.481 e. The Balaban J connectivity index is 2.20. The fraction of sp³-hybridized carbons (Fsp3) is 0.385. The van der Waals surface area contributed by atoms with E-state index >= 15 is 0 Å². The first-order valence-corrected chi connectivity index (χ1v) is 6.42. The number of carbonyl (C=O) groups excluding carboxylic acids is 2. The molecule has 0 unspecified atom stereocenters. The SMILES string of the molecule is Cn1ncc(NC(=O)[C@H]2CC=CC[C@H]2C(=O)O)c1C(N)=O. The maximum absolute atomic E-state index is 12.3. The molecule has 1 aromatic rings. The number of hydrogen-bond acceptors (Lipinski definition) is 4. The van der Waals surface area contributed by atoms with Crippen molar-refractivity contribution in [1.29, 1.82) is 0 Å². The minimum Gasteiger partial charge on any atom is -0.481 e. The average molecular weight is 292 g/mol. The van der Waals surface area contributed by atoms with Gasteiger partial charge in [0.1, 0.15) is 5.69 Å². The normalized spacial score (nSPS) is 21.0. The monoisotopic (exact) mass is 292 g/mol. The van der Waals surface area contributed by atoms with Gasteiger partial charge in [0.05, 0.1) is 23.7 Å². The second-order valence-corrected chi connectivity index (χ2v) is 4.88. The maximum atomic E-state index is 12.3. The predicted molar refractivity (Wildman–Crippen MR) is 73.3 cm³/mol. The van der Waals surface area contributed by atoms with Gasteiger partial charge in [0.15, 0.2) is 0 Å². The summed E-state index contributed by atoms with van der Waals surface area (Å²) in [5, 5.41) is 15.6. The van der Waals surface area contributed by atoms with E-state index in [2.05, 4.69) is 10.4 Å². The molecule has 0 aliphatic heterocycles. The van der Waals surface area contributed by atoms with Crippen LogP contribution in [0, 0.1) is 11.8 Å². The highest BCUT2D eigenvalue weighted by molar-refractivity contribution is 6.03. The Morgan fingerprint density at radius 3 is 2.52 bits per heavy atom. The number of hydrogen-bond donors (Lipinski definition) is 3. The minimum absolute atomic E-state index is 0.0709. The number of aromatic nitrogens is 2. The van der Waals surface area contributed by atoms with E-state index in [1.165, 1.54) is 17.9 Å². The zero-order chi connectivity index (χ0) is 15.6. The standard InChI is InChI=1S/C13H16N4O4/c1-17-10(11(14)18)9(6-15-17)16-12(19)7-4-2-3-5-8(7)13(20)21/h2-3,6-8H,4-5H2,1H3,(H2,14,18)(H,16,19)(H,20,21)/t7-,8+/m0/s1. The topological polar surface area (TPSA) is 127 Å².